The molecule has 27 heavy (non-hydrogen) atoms. The molecule has 1 aliphatic heterocycles. The molecule has 1 aromatic heterocycles. The minimum absolute atomic E-state index is 0.146. The summed E-state index contributed by atoms with van der Waals surface area (Å²) in [4.78, 5) is 12.4. The van der Waals surface area contributed by atoms with Crippen molar-refractivity contribution in [2.75, 3.05) is 26.2 Å². The second kappa shape index (κ2) is 9.50. The van der Waals surface area contributed by atoms with Crippen LogP contribution >= 0.6 is 0 Å². The van der Waals surface area contributed by atoms with Crippen LogP contribution in [0.1, 0.15) is 53.5 Å². The van der Waals surface area contributed by atoms with Gasteiger partial charge in [-0.25, -0.2) is 4.68 Å². The highest BCUT2D eigenvalue weighted by molar-refractivity contribution is 5.93. The van der Waals surface area contributed by atoms with Gasteiger partial charge in [0, 0.05) is 6.54 Å². The summed E-state index contributed by atoms with van der Waals surface area (Å²) in [5.74, 6) is 0.738. The van der Waals surface area contributed by atoms with Crippen LogP contribution in [0.4, 0.5) is 0 Å². The Bertz CT molecular complexity index is 735. The summed E-state index contributed by atoms with van der Waals surface area (Å²) in [6.45, 7) is 7.19. The molecular weight excluding hydrogens is 342 g/mol. The Morgan fingerprint density at radius 2 is 1.96 bits per heavy atom. The number of hydrogen-bond acceptors (Lipinski definition) is 5. The molecule has 0 unspecified atom stereocenters. The normalized spacial score (nSPS) is 14.9. The predicted octanol–water partition coefficient (Wildman–Crippen LogP) is 2.41. The Kier molecular flexibility index (Phi) is 6.81. The number of nitrogens with one attached hydrogen (secondary N) is 2. The molecule has 0 spiro atoms. The zero-order valence-corrected chi connectivity index (χ0v) is 16.2. The van der Waals surface area contributed by atoms with Crippen molar-refractivity contribution < 1.29 is 9.53 Å². The lowest BCUT2D eigenvalue weighted by atomic mass is 10.1. The summed E-state index contributed by atoms with van der Waals surface area (Å²) in [7, 11) is 0. The summed E-state index contributed by atoms with van der Waals surface area (Å²) in [5, 5.41) is 14.6. The van der Waals surface area contributed by atoms with Gasteiger partial charge in [-0.3, -0.25) is 4.79 Å². The number of aromatic nitrogens is 3. The van der Waals surface area contributed by atoms with Gasteiger partial charge in [0.1, 0.15) is 5.75 Å². The van der Waals surface area contributed by atoms with Crippen molar-refractivity contribution in [2.24, 2.45) is 0 Å². The maximum Gasteiger partial charge on any atom is 0.273 e. The Morgan fingerprint density at radius 3 is 2.70 bits per heavy atom. The Morgan fingerprint density at radius 1 is 1.22 bits per heavy atom. The average molecular weight is 371 g/mol. The molecule has 3 rings (SSSR count). The molecule has 7 nitrogen and oxygen atoms in total. The van der Waals surface area contributed by atoms with Gasteiger partial charge in [0.15, 0.2) is 5.69 Å². The molecule has 0 aliphatic carbocycles. The van der Waals surface area contributed by atoms with Crippen molar-refractivity contribution in [3.8, 4) is 5.75 Å². The first-order valence-electron chi connectivity index (χ1n) is 9.75. The second-order valence-electron chi connectivity index (χ2n) is 7.07. The van der Waals surface area contributed by atoms with Gasteiger partial charge < -0.3 is 15.4 Å². The standard InChI is InChI=1S/C20H29N5O2/c1-15-5-7-18(8-6-15)27-14-4-3-11-22-20(26)19-16(2)25(24-23-19)17-9-12-21-13-10-17/h5-8,17,21H,3-4,9-14H2,1-2H3,(H,22,26). The minimum atomic E-state index is -0.146. The fraction of sp³-hybridized carbons (Fsp3) is 0.550. The Labute approximate surface area is 160 Å². The molecule has 1 aliphatic rings. The van der Waals surface area contributed by atoms with Crippen LogP contribution in [0.15, 0.2) is 24.3 Å². The summed E-state index contributed by atoms with van der Waals surface area (Å²) in [6.07, 6.45) is 3.78. The minimum Gasteiger partial charge on any atom is -0.494 e. The van der Waals surface area contributed by atoms with Gasteiger partial charge in [0.05, 0.1) is 18.3 Å². The third-order valence-corrected chi connectivity index (χ3v) is 4.94. The Hall–Kier alpha value is -2.41. The number of hydrogen-bond donors (Lipinski definition) is 2. The molecule has 1 fully saturated rings. The lowest BCUT2D eigenvalue weighted by molar-refractivity contribution is 0.0946. The lowest BCUT2D eigenvalue weighted by Gasteiger charge is -2.23. The molecule has 1 aromatic carbocycles. The molecule has 1 saturated heterocycles. The van der Waals surface area contributed by atoms with Gasteiger partial charge in [-0.2, -0.15) is 0 Å². The van der Waals surface area contributed by atoms with E-state index >= 15 is 0 Å². The maximum absolute atomic E-state index is 12.4. The molecule has 7 heteroatoms. The van der Waals surface area contributed by atoms with E-state index in [0.29, 0.717) is 24.9 Å². The number of amides is 1. The van der Waals surface area contributed by atoms with E-state index in [4.69, 9.17) is 4.74 Å². The van der Waals surface area contributed by atoms with Crippen LogP contribution in [-0.2, 0) is 0 Å². The summed E-state index contributed by atoms with van der Waals surface area (Å²) in [6, 6.07) is 8.36. The van der Waals surface area contributed by atoms with Crippen LogP contribution in [0.2, 0.25) is 0 Å². The maximum atomic E-state index is 12.4. The number of carbonyl (C=O) groups is 1. The SMILES string of the molecule is Cc1ccc(OCCCCNC(=O)c2nnn(C3CCNCC3)c2C)cc1. The third-order valence-electron chi connectivity index (χ3n) is 4.94. The fourth-order valence-corrected chi connectivity index (χ4v) is 3.29. The van der Waals surface area contributed by atoms with Crippen LogP contribution in [0.25, 0.3) is 0 Å². The predicted molar refractivity (Wildman–Crippen MR) is 104 cm³/mol. The van der Waals surface area contributed by atoms with Crippen LogP contribution < -0.4 is 15.4 Å². The number of carbonyl (C=O) groups excluding carboxylic acids is 1. The third kappa shape index (κ3) is 5.29. The van der Waals surface area contributed by atoms with Gasteiger partial charge in [-0.15, -0.1) is 5.10 Å². The van der Waals surface area contributed by atoms with Gasteiger partial charge in [0.2, 0.25) is 0 Å². The monoisotopic (exact) mass is 371 g/mol. The molecule has 0 atom stereocenters. The van der Waals surface area contributed by atoms with Crippen molar-refractivity contribution in [1.82, 2.24) is 25.6 Å². The topological polar surface area (TPSA) is 81.1 Å². The van der Waals surface area contributed by atoms with E-state index in [1.165, 1.54) is 5.56 Å². The number of ether oxygens (including phenoxy) is 1. The van der Waals surface area contributed by atoms with Gasteiger partial charge >= 0.3 is 0 Å². The summed E-state index contributed by atoms with van der Waals surface area (Å²) >= 11 is 0. The van der Waals surface area contributed by atoms with E-state index < -0.39 is 0 Å². The van der Waals surface area contributed by atoms with Gasteiger partial charge in [-0.1, -0.05) is 22.9 Å². The van der Waals surface area contributed by atoms with Crippen molar-refractivity contribution in [1.29, 1.82) is 0 Å². The first-order valence-corrected chi connectivity index (χ1v) is 9.75. The van der Waals surface area contributed by atoms with E-state index in [2.05, 4.69) is 27.9 Å². The first-order chi connectivity index (χ1) is 13.1. The number of benzene rings is 1. The molecule has 2 heterocycles. The van der Waals surface area contributed by atoms with E-state index in [1.807, 2.05) is 35.9 Å². The van der Waals surface area contributed by atoms with Crippen LogP contribution in [0, 0.1) is 13.8 Å². The summed E-state index contributed by atoms with van der Waals surface area (Å²) < 4.78 is 7.61. The first kappa shape index (κ1) is 19.4. The van der Waals surface area contributed by atoms with Gasteiger partial charge in [-0.05, 0) is 64.8 Å². The van der Waals surface area contributed by atoms with Crippen LogP contribution in [0.5, 0.6) is 5.75 Å². The molecule has 2 aromatic rings. The van der Waals surface area contributed by atoms with E-state index in [1.54, 1.807) is 0 Å². The molecule has 0 radical (unpaired) electrons. The lowest BCUT2D eigenvalue weighted by Crippen LogP contribution is -2.30. The van der Waals surface area contributed by atoms with Crippen molar-refractivity contribution in [2.45, 2.75) is 45.6 Å². The molecule has 0 bridgehead atoms. The highest BCUT2D eigenvalue weighted by Crippen LogP contribution is 2.20. The molecule has 146 valence electrons. The number of nitrogens with zero attached hydrogens (tertiary/aromatic N) is 3. The van der Waals surface area contributed by atoms with Crippen molar-refractivity contribution >= 4 is 5.91 Å². The summed E-state index contributed by atoms with van der Waals surface area (Å²) in [5.41, 5.74) is 2.50. The van der Waals surface area contributed by atoms with E-state index in [9.17, 15) is 4.79 Å². The van der Waals surface area contributed by atoms with Crippen LogP contribution in [0.3, 0.4) is 0 Å². The zero-order chi connectivity index (χ0) is 19.1. The molecule has 1 amide bonds. The van der Waals surface area contributed by atoms with E-state index in [-0.39, 0.29) is 5.91 Å². The molecular formula is C20H29N5O2. The van der Waals surface area contributed by atoms with Crippen LogP contribution in [-0.4, -0.2) is 47.1 Å². The quantitative estimate of drug-likeness (QED) is 0.697. The van der Waals surface area contributed by atoms with E-state index in [0.717, 1.165) is 50.2 Å². The average Bonchev–Trinajstić information content (AvgIpc) is 3.08. The number of piperidine rings is 1. The second-order valence-corrected chi connectivity index (χ2v) is 7.07. The molecule has 0 saturated carbocycles. The Balaban J connectivity index is 1.38. The highest BCUT2D eigenvalue weighted by atomic mass is 16.5. The number of aryl methyl sites for hydroxylation is 1. The zero-order valence-electron chi connectivity index (χ0n) is 16.2. The smallest absolute Gasteiger partial charge is 0.273 e. The largest absolute Gasteiger partial charge is 0.494 e. The number of unbranched alkanes of at least 4 members (excludes halogenated alkanes) is 1. The highest BCUT2D eigenvalue weighted by Gasteiger charge is 2.22. The van der Waals surface area contributed by atoms with Gasteiger partial charge in [0.25, 0.3) is 5.91 Å². The molecule has 2 N–H and O–H groups in total. The fourth-order valence-electron chi connectivity index (χ4n) is 3.29. The van der Waals surface area contributed by atoms with Crippen molar-refractivity contribution in [3.63, 3.8) is 0 Å². The number of rotatable bonds is 8. The van der Waals surface area contributed by atoms with Crippen molar-refractivity contribution in [3.05, 3.63) is 41.2 Å².